The molecule has 1 aliphatic heterocycles. The van der Waals surface area contributed by atoms with E-state index in [0.29, 0.717) is 17.8 Å². The van der Waals surface area contributed by atoms with Crippen LogP contribution in [0, 0.1) is 0 Å². The van der Waals surface area contributed by atoms with Crippen LogP contribution in [0.4, 0.5) is 5.69 Å². The van der Waals surface area contributed by atoms with Gasteiger partial charge in [0.2, 0.25) is 0 Å². The minimum atomic E-state index is -3.79. The first kappa shape index (κ1) is 21.9. The van der Waals surface area contributed by atoms with Crippen molar-refractivity contribution in [1.29, 1.82) is 0 Å². The molecular weight excluding hydrogens is 448 g/mol. The number of anilines is 1. The molecule has 0 fully saturated rings. The minimum absolute atomic E-state index is 0.105. The number of aryl methyl sites for hydroxylation is 1. The van der Waals surface area contributed by atoms with Gasteiger partial charge in [-0.2, -0.15) is 5.10 Å². The molecule has 1 aliphatic rings. The fourth-order valence-electron chi connectivity index (χ4n) is 4.13. The van der Waals surface area contributed by atoms with Gasteiger partial charge in [-0.1, -0.05) is 42.5 Å². The van der Waals surface area contributed by atoms with Gasteiger partial charge >= 0.3 is 0 Å². The van der Waals surface area contributed by atoms with Crippen LogP contribution in [0.3, 0.4) is 0 Å². The summed E-state index contributed by atoms with van der Waals surface area (Å²) in [6.45, 7) is 0.698. The van der Waals surface area contributed by atoms with Crippen LogP contribution in [0.25, 0.3) is 5.69 Å². The second-order valence-corrected chi connectivity index (χ2v) is 10.0. The summed E-state index contributed by atoms with van der Waals surface area (Å²) < 4.78 is 30.0. The molecule has 8 heteroatoms. The number of fused-ring (bicyclic) bond motifs is 1. The van der Waals surface area contributed by atoms with Gasteiger partial charge in [0.1, 0.15) is 0 Å². The van der Waals surface area contributed by atoms with E-state index >= 15 is 0 Å². The monoisotopic (exact) mass is 472 g/mol. The highest BCUT2D eigenvalue weighted by Gasteiger charge is 2.29. The number of sulfonamides is 1. The Morgan fingerprint density at radius 1 is 0.971 bits per heavy atom. The molecule has 0 radical (unpaired) electrons. The summed E-state index contributed by atoms with van der Waals surface area (Å²) >= 11 is 0. The molecule has 1 aromatic heterocycles. The van der Waals surface area contributed by atoms with Crippen molar-refractivity contribution in [3.63, 3.8) is 0 Å². The number of carbonyl (C=O) groups excluding carboxylic acids is 1. The van der Waals surface area contributed by atoms with E-state index < -0.39 is 10.0 Å². The van der Waals surface area contributed by atoms with Gasteiger partial charge in [-0.15, -0.1) is 0 Å². The van der Waals surface area contributed by atoms with Gasteiger partial charge in [0.15, 0.2) is 0 Å². The summed E-state index contributed by atoms with van der Waals surface area (Å²) in [6, 6.07) is 23.4. The Balaban J connectivity index is 1.31. The van der Waals surface area contributed by atoms with Crippen LogP contribution in [0.5, 0.6) is 0 Å². The quantitative estimate of drug-likeness (QED) is 0.461. The van der Waals surface area contributed by atoms with Gasteiger partial charge in [0.05, 0.1) is 22.5 Å². The third-order valence-corrected chi connectivity index (χ3v) is 7.67. The zero-order chi connectivity index (χ0) is 23.5. The molecule has 4 aromatic rings. The molecule has 0 saturated heterocycles. The molecule has 0 bridgehead atoms. The van der Waals surface area contributed by atoms with Gasteiger partial charge in [0.25, 0.3) is 15.9 Å². The standard InChI is InChI=1S/C26H24N4O3S/c31-26(27-17-20-18-28-29(19-20)23-11-2-1-3-12-23)22-9-6-13-24(16-22)34(32,33)30-15-7-10-21-8-4-5-14-25(21)30/h1-6,8-9,11-14,16,18-19H,7,10,15,17H2,(H,27,31). The summed E-state index contributed by atoms with van der Waals surface area (Å²) in [7, 11) is -3.79. The highest BCUT2D eigenvalue weighted by atomic mass is 32.2. The molecule has 34 heavy (non-hydrogen) atoms. The maximum absolute atomic E-state index is 13.4. The average molecular weight is 473 g/mol. The molecule has 3 aromatic carbocycles. The Hall–Kier alpha value is -3.91. The van der Waals surface area contributed by atoms with Crippen LogP contribution in [-0.4, -0.2) is 30.7 Å². The van der Waals surface area contributed by atoms with E-state index in [0.717, 1.165) is 29.7 Å². The summed E-state index contributed by atoms with van der Waals surface area (Å²) in [5.41, 5.74) is 3.78. The van der Waals surface area contributed by atoms with Crippen LogP contribution in [-0.2, 0) is 23.0 Å². The smallest absolute Gasteiger partial charge is 0.264 e. The van der Waals surface area contributed by atoms with Gasteiger partial charge in [-0.3, -0.25) is 9.10 Å². The molecule has 1 amide bonds. The van der Waals surface area contributed by atoms with E-state index in [9.17, 15) is 13.2 Å². The molecule has 1 N–H and O–H groups in total. The normalized spacial score (nSPS) is 13.4. The third-order valence-electron chi connectivity index (χ3n) is 5.86. The number of carbonyl (C=O) groups is 1. The van der Waals surface area contributed by atoms with E-state index in [-0.39, 0.29) is 17.3 Å². The van der Waals surface area contributed by atoms with Crippen LogP contribution in [0.2, 0.25) is 0 Å². The topological polar surface area (TPSA) is 84.3 Å². The van der Waals surface area contributed by atoms with E-state index in [2.05, 4.69) is 10.4 Å². The molecule has 172 valence electrons. The number of benzene rings is 3. The van der Waals surface area contributed by atoms with Crippen LogP contribution in [0.15, 0.2) is 96.2 Å². The number of nitrogens with one attached hydrogen (secondary N) is 1. The first-order valence-electron chi connectivity index (χ1n) is 11.1. The fourth-order valence-corrected chi connectivity index (χ4v) is 5.72. The SMILES string of the molecule is O=C(NCc1cnn(-c2ccccc2)c1)c1cccc(S(=O)(=O)N2CCCc3ccccc32)c1. The van der Waals surface area contributed by atoms with Crippen molar-refractivity contribution >= 4 is 21.6 Å². The lowest BCUT2D eigenvalue weighted by Crippen LogP contribution is -2.35. The van der Waals surface area contributed by atoms with E-state index in [1.165, 1.54) is 16.4 Å². The van der Waals surface area contributed by atoms with Gasteiger partial charge in [-0.25, -0.2) is 13.1 Å². The highest BCUT2D eigenvalue weighted by Crippen LogP contribution is 2.31. The summed E-state index contributed by atoms with van der Waals surface area (Å²) in [5, 5.41) is 7.19. The predicted octanol–water partition coefficient (Wildman–Crippen LogP) is 3.94. The zero-order valence-electron chi connectivity index (χ0n) is 18.5. The van der Waals surface area contributed by atoms with E-state index in [1.807, 2.05) is 60.8 Å². The lowest BCUT2D eigenvalue weighted by molar-refractivity contribution is 0.0950. The molecule has 2 heterocycles. The van der Waals surface area contributed by atoms with E-state index in [4.69, 9.17) is 0 Å². The minimum Gasteiger partial charge on any atom is -0.348 e. The number of rotatable bonds is 6. The summed E-state index contributed by atoms with van der Waals surface area (Å²) in [6.07, 6.45) is 5.16. The zero-order valence-corrected chi connectivity index (χ0v) is 19.3. The van der Waals surface area contributed by atoms with Crippen molar-refractivity contribution in [2.75, 3.05) is 10.8 Å². The van der Waals surface area contributed by atoms with Gasteiger partial charge in [-0.05, 0) is 54.8 Å². The largest absolute Gasteiger partial charge is 0.348 e. The van der Waals surface area contributed by atoms with Crippen molar-refractivity contribution in [1.82, 2.24) is 15.1 Å². The molecule has 0 saturated carbocycles. The van der Waals surface area contributed by atoms with E-state index in [1.54, 1.807) is 23.0 Å². The maximum Gasteiger partial charge on any atom is 0.264 e. The van der Waals surface area contributed by atoms with Gasteiger partial charge < -0.3 is 5.32 Å². The number of hydrogen-bond donors (Lipinski definition) is 1. The molecule has 0 atom stereocenters. The molecular formula is C26H24N4O3S. The molecule has 0 aliphatic carbocycles. The van der Waals surface area contributed by atoms with Crippen molar-refractivity contribution in [3.05, 3.63) is 108 Å². The number of aromatic nitrogens is 2. The summed E-state index contributed by atoms with van der Waals surface area (Å²) in [5.74, 6) is -0.344. The Morgan fingerprint density at radius 3 is 2.62 bits per heavy atom. The van der Waals surface area contributed by atoms with Crippen molar-refractivity contribution in [2.45, 2.75) is 24.3 Å². The maximum atomic E-state index is 13.4. The lowest BCUT2D eigenvalue weighted by Gasteiger charge is -2.30. The summed E-state index contributed by atoms with van der Waals surface area (Å²) in [4.78, 5) is 12.9. The Morgan fingerprint density at radius 2 is 1.76 bits per heavy atom. The predicted molar refractivity (Wildman–Crippen MR) is 130 cm³/mol. The van der Waals surface area contributed by atoms with Crippen molar-refractivity contribution in [3.8, 4) is 5.69 Å². The number of hydrogen-bond acceptors (Lipinski definition) is 4. The van der Waals surface area contributed by atoms with Gasteiger partial charge in [0, 0.05) is 30.4 Å². The Kier molecular flexibility index (Phi) is 5.90. The third kappa shape index (κ3) is 4.32. The number of nitrogens with zero attached hydrogens (tertiary/aromatic N) is 3. The Bertz CT molecular complexity index is 1430. The number of para-hydroxylation sites is 2. The first-order valence-corrected chi connectivity index (χ1v) is 12.5. The molecule has 5 rings (SSSR count). The molecule has 0 unspecified atom stereocenters. The molecule has 0 spiro atoms. The fraction of sp³-hybridized carbons (Fsp3) is 0.154. The number of amides is 1. The highest BCUT2D eigenvalue weighted by molar-refractivity contribution is 7.92. The molecule has 7 nitrogen and oxygen atoms in total. The lowest BCUT2D eigenvalue weighted by atomic mass is 10.0. The first-order chi connectivity index (χ1) is 16.5. The second kappa shape index (κ2) is 9.15. The average Bonchev–Trinajstić information content (AvgIpc) is 3.37. The van der Waals surface area contributed by atoms with Crippen molar-refractivity contribution < 1.29 is 13.2 Å². The van der Waals surface area contributed by atoms with Crippen LogP contribution < -0.4 is 9.62 Å². The Labute approximate surface area is 198 Å². The second-order valence-electron chi connectivity index (χ2n) is 8.15. The van der Waals surface area contributed by atoms with Crippen LogP contribution in [0.1, 0.15) is 27.9 Å². The van der Waals surface area contributed by atoms with Crippen LogP contribution >= 0.6 is 0 Å². The van der Waals surface area contributed by atoms with Crippen molar-refractivity contribution in [2.24, 2.45) is 0 Å².